The Morgan fingerprint density at radius 2 is 2.15 bits per heavy atom. The van der Waals surface area contributed by atoms with Crippen molar-refractivity contribution in [2.24, 2.45) is 5.73 Å². The fraction of sp³-hybridized carbons (Fsp3) is 0.438. The van der Waals surface area contributed by atoms with Crippen LogP contribution in [-0.4, -0.2) is 23.0 Å². The molecule has 4 heteroatoms. The van der Waals surface area contributed by atoms with Gasteiger partial charge in [0.2, 0.25) is 5.91 Å². The number of carbonyl (C=O) groups is 1. The van der Waals surface area contributed by atoms with Crippen molar-refractivity contribution in [2.45, 2.75) is 45.2 Å². The highest BCUT2D eigenvalue weighted by atomic mass is 16.2. The van der Waals surface area contributed by atoms with Crippen molar-refractivity contribution in [3.05, 3.63) is 36.0 Å². The van der Waals surface area contributed by atoms with Gasteiger partial charge in [-0.2, -0.15) is 0 Å². The van der Waals surface area contributed by atoms with Gasteiger partial charge in [-0.15, -0.1) is 0 Å². The molecule has 0 spiro atoms. The van der Waals surface area contributed by atoms with Crippen LogP contribution in [0.5, 0.6) is 0 Å². The van der Waals surface area contributed by atoms with Gasteiger partial charge in [-0.1, -0.05) is 31.5 Å². The van der Waals surface area contributed by atoms with E-state index in [-0.39, 0.29) is 11.9 Å². The Hall–Kier alpha value is -1.81. The number of nitrogens with one attached hydrogen (secondary N) is 2. The minimum Gasteiger partial charge on any atom is -0.361 e. The average molecular weight is 273 g/mol. The summed E-state index contributed by atoms with van der Waals surface area (Å²) in [6, 6.07) is 7.73. The van der Waals surface area contributed by atoms with Gasteiger partial charge >= 0.3 is 0 Å². The highest BCUT2D eigenvalue weighted by Gasteiger charge is 2.17. The second kappa shape index (κ2) is 6.57. The lowest BCUT2D eigenvalue weighted by Crippen LogP contribution is -2.45. The number of hydrogen-bond donors (Lipinski definition) is 3. The molecule has 2 rings (SSSR count). The fourth-order valence-electron chi connectivity index (χ4n) is 2.49. The summed E-state index contributed by atoms with van der Waals surface area (Å²) in [5, 5.41) is 4.10. The molecule has 0 aliphatic carbocycles. The third kappa shape index (κ3) is 3.39. The number of benzene rings is 1. The standard InChI is InChI=1S/C16H23N3O/c1-3-6-11(2)19-16(20)14(17)9-12-10-18-15-8-5-4-7-13(12)15/h4-5,7-8,10-11,14,18H,3,6,9,17H2,1-2H3,(H,19,20)/t11?,14-/m1/s1. The largest absolute Gasteiger partial charge is 0.361 e. The van der Waals surface area contributed by atoms with Gasteiger partial charge in [0.25, 0.3) is 0 Å². The number of fused-ring (bicyclic) bond motifs is 1. The van der Waals surface area contributed by atoms with E-state index in [2.05, 4.69) is 17.2 Å². The molecule has 20 heavy (non-hydrogen) atoms. The van der Waals surface area contributed by atoms with Gasteiger partial charge in [0, 0.05) is 23.1 Å². The van der Waals surface area contributed by atoms with Crippen LogP contribution >= 0.6 is 0 Å². The van der Waals surface area contributed by atoms with E-state index in [1.807, 2.05) is 37.4 Å². The topological polar surface area (TPSA) is 70.9 Å². The molecule has 0 bridgehead atoms. The molecular formula is C16H23N3O. The third-order valence-electron chi connectivity index (χ3n) is 3.56. The number of aromatic nitrogens is 1. The normalized spacial score (nSPS) is 14.2. The van der Waals surface area contributed by atoms with Gasteiger partial charge < -0.3 is 16.0 Å². The van der Waals surface area contributed by atoms with Crippen molar-refractivity contribution < 1.29 is 4.79 Å². The number of carbonyl (C=O) groups excluding carboxylic acids is 1. The molecule has 0 radical (unpaired) electrons. The lowest BCUT2D eigenvalue weighted by atomic mass is 10.0. The molecule has 1 amide bonds. The number of amides is 1. The summed E-state index contributed by atoms with van der Waals surface area (Å²) in [4.78, 5) is 15.3. The third-order valence-corrected chi connectivity index (χ3v) is 3.56. The summed E-state index contributed by atoms with van der Waals surface area (Å²) in [6.07, 6.45) is 4.52. The van der Waals surface area contributed by atoms with Gasteiger partial charge in [0.05, 0.1) is 6.04 Å². The minimum absolute atomic E-state index is 0.0729. The van der Waals surface area contributed by atoms with Crippen LogP contribution in [0.2, 0.25) is 0 Å². The van der Waals surface area contributed by atoms with Crippen LogP contribution in [-0.2, 0) is 11.2 Å². The van der Waals surface area contributed by atoms with Crippen LogP contribution in [0.4, 0.5) is 0 Å². The van der Waals surface area contributed by atoms with Gasteiger partial charge in [0.15, 0.2) is 0 Å². The SMILES string of the molecule is CCCC(C)NC(=O)[C@H](N)Cc1c[nH]c2ccccc12. The zero-order valence-corrected chi connectivity index (χ0v) is 12.1. The fourth-order valence-corrected chi connectivity index (χ4v) is 2.49. The van der Waals surface area contributed by atoms with Crippen LogP contribution in [0, 0.1) is 0 Å². The molecule has 2 aromatic rings. The Bertz CT molecular complexity index is 576. The Labute approximate surface area is 119 Å². The Morgan fingerprint density at radius 1 is 1.40 bits per heavy atom. The first-order chi connectivity index (χ1) is 9.61. The molecule has 0 fully saturated rings. The molecule has 4 N–H and O–H groups in total. The van der Waals surface area contributed by atoms with E-state index in [0.717, 1.165) is 29.3 Å². The highest BCUT2D eigenvalue weighted by Crippen LogP contribution is 2.18. The summed E-state index contributed by atoms with van der Waals surface area (Å²) in [7, 11) is 0. The van der Waals surface area contributed by atoms with Crippen molar-refractivity contribution >= 4 is 16.8 Å². The van der Waals surface area contributed by atoms with Crippen molar-refractivity contribution in [1.29, 1.82) is 0 Å². The molecule has 0 aliphatic rings. The molecule has 0 saturated carbocycles. The van der Waals surface area contributed by atoms with Crippen LogP contribution in [0.25, 0.3) is 10.9 Å². The van der Waals surface area contributed by atoms with Crippen molar-refractivity contribution in [3.63, 3.8) is 0 Å². The van der Waals surface area contributed by atoms with E-state index in [0.29, 0.717) is 6.42 Å². The molecule has 1 aromatic carbocycles. The van der Waals surface area contributed by atoms with Crippen molar-refractivity contribution in [2.75, 3.05) is 0 Å². The quantitative estimate of drug-likeness (QED) is 0.756. The number of aromatic amines is 1. The smallest absolute Gasteiger partial charge is 0.237 e. The van der Waals surface area contributed by atoms with Crippen LogP contribution in [0.15, 0.2) is 30.5 Å². The van der Waals surface area contributed by atoms with E-state index in [9.17, 15) is 4.79 Å². The maximum atomic E-state index is 12.0. The van der Waals surface area contributed by atoms with E-state index in [1.165, 1.54) is 0 Å². The van der Waals surface area contributed by atoms with Gasteiger partial charge in [0.1, 0.15) is 0 Å². The van der Waals surface area contributed by atoms with Crippen LogP contribution in [0.3, 0.4) is 0 Å². The lowest BCUT2D eigenvalue weighted by Gasteiger charge is -2.16. The van der Waals surface area contributed by atoms with Gasteiger partial charge in [-0.05, 0) is 31.4 Å². The van der Waals surface area contributed by atoms with E-state index < -0.39 is 6.04 Å². The molecule has 1 aromatic heterocycles. The first-order valence-electron chi connectivity index (χ1n) is 7.22. The van der Waals surface area contributed by atoms with Crippen LogP contribution in [0.1, 0.15) is 32.3 Å². The summed E-state index contributed by atoms with van der Waals surface area (Å²) < 4.78 is 0. The van der Waals surface area contributed by atoms with Gasteiger partial charge in [-0.3, -0.25) is 4.79 Å². The predicted molar refractivity (Wildman–Crippen MR) is 82.5 cm³/mol. The second-order valence-corrected chi connectivity index (χ2v) is 5.37. The zero-order valence-electron chi connectivity index (χ0n) is 12.1. The first kappa shape index (κ1) is 14.6. The minimum atomic E-state index is -0.506. The van der Waals surface area contributed by atoms with Crippen molar-refractivity contribution in [3.8, 4) is 0 Å². The number of rotatable bonds is 6. The monoisotopic (exact) mass is 273 g/mol. The summed E-state index contributed by atoms with van der Waals surface area (Å²) >= 11 is 0. The number of nitrogens with two attached hydrogens (primary N) is 1. The molecule has 4 nitrogen and oxygen atoms in total. The first-order valence-corrected chi connectivity index (χ1v) is 7.22. The summed E-state index contributed by atoms with van der Waals surface area (Å²) in [5.41, 5.74) is 8.19. The highest BCUT2D eigenvalue weighted by molar-refractivity contribution is 5.86. The molecule has 1 heterocycles. The molecule has 108 valence electrons. The second-order valence-electron chi connectivity index (χ2n) is 5.37. The molecule has 0 aliphatic heterocycles. The van der Waals surface area contributed by atoms with E-state index in [1.54, 1.807) is 0 Å². The molecule has 2 atom stereocenters. The molecule has 1 unspecified atom stereocenters. The predicted octanol–water partition coefficient (Wildman–Crippen LogP) is 2.34. The van der Waals surface area contributed by atoms with Crippen molar-refractivity contribution in [1.82, 2.24) is 10.3 Å². The maximum Gasteiger partial charge on any atom is 0.237 e. The number of hydrogen-bond acceptors (Lipinski definition) is 2. The Kier molecular flexibility index (Phi) is 4.79. The van der Waals surface area contributed by atoms with E-state index in [4.69, 9.17) is 5.73 Å². The van der Waals surface area contributed by atoms with Gasteiger partial charge in [-0.25, -0.2) is 0 Å². The molecular weight excluding hydrogens is 250 g/mol. The Morgan fingerprint density at radius 3 is 2.90 bits per heavy atom. The summed E-state index contributed by atoms with van der Waals surface area (Å²) in [5.74, 6) is -0.0729. The Balaban J connectivity index is 2.00. The lowest BCUT2D eigenvalue weighted by molar-refractivity contribution is -0.122. The average Bonchev–Trinajstić information content (AvgIpc) is 2.82. The number of para-hydroxylation sites is 1. The van der Waals surface area contributed by atoms with E-state index >= 15 is 0 Å². The maximum absolute atomic E-state index is 12.0. The summed E-state index contributed by atoms with van der Waals surface area (Å²) in [6.45, 7) is 4.12. The number of H-pyrrole nitrogens is 1. The van der Waals surface area contributed by atoms with Crippen LogP contribution < -0.4 is 11.1 Å². The molecule has 0 saturated heterocycles. The zero-order chi connectivity index (χ0) is 14.5.